The molecule has 7 heteroatoms. The summed E-state index contributed by atoms with van der Waals surface area (Å²) in [6, 6.07) is 4.42. The number of nitrogens with one attached hydrogen (secondary N) is 1. The maximum absolute atomic E-state index is 13.1. The van der Waals surface area contributed by atoms with Crippen LogP contribution in [0.2, 0.25) is 0 Å². The summed E-state index contributed by atoms with van der Waals surface area (Å²) in [6.45, 7) is 0.374. The molecule has 0 spiro atoms. The summed E-state index contributed by atoms with van der Waals surface area (Å²) < 4.78 is 18.6. The quantitative estimate of drug-likeness (QED) is 0.895. The highest BCUT2D eigenvalue weighted by atomic mass is 19.1. The predicted octanol–water partition coefficient (Wildman–Crippen LogP) is 1.73. The maximum atomic E-state index is 13.1. The molecule has 1 aliphatic rings. The van der Waals surface area contributed by atoms with E-state index in [9.17, 15) is 9.18 Å². The first-order valence-electron chi connectivity index (χ1n) is 6.35. The van der Waals surface area contributed by atoms with Crippen molar-refractivity contribution >= 4 is 11.8 Å². The second kappa shape index (κ2) is 5.35. The molecule has 1 atom stereocenters. The van der Waals surface area contributed by atoms with Crippen LogP contribution in [0.1, 0.15) is 16.1 Å². The fourth-order valence-corrected chi connectivity index (χ4v) is 2.16. The van der Waals surface area contributed by atoms with Gasteiger partial charge in [-0.1, -0.05) is 6.07 Å². The van der Waals surface area contributed by atoms with Crippen LogP contribution in [0.4, 0.5) is 10.2 Å². The number of anilines is 1. The van der Waals surface area contributed by atoms with Crippen molar-refractivity contribution in [2.75, 3.05) is 11.9 Å². The van der Waals surface area contributed by atoms with E-state index in [4.69, 9.17) is 9.84 Å². The Bertz CT molecular complexity index is 676. The van der Waals surface area contributed by atoms with E-state index in [0.717, 1.165) is 5.56 Å². The van der Waals surface area contributed by atoms with Gasteiger partial charge in [-0.15, -0.1) is 0 Å². The summed E-state index contributed by atoms with van der Waals surface area (Å²) in [7, 11) is 0. The lowest BCUT2D eigenvalue weighted by atomic mass is 10.0. The zero-order valence-corrected chi connectivity index (χ0v) is 10.9. The second-order valence-electron chi connectivity index (χ2n) is 4.70. The van der Waals surface area contributed by atoms with Crippen molar-refractivity contribution in [2.24, 2.45) is 0 Å². The third-order valence-corrected chi connectivity index (χ3v) is 3.16. The van der Waals surface area contributed by atoms with Crippen molar-refractivity contribution in [1.29, 1.82) is 0 Å². The van der Waals surface area contributed by atoms with Crippen molar-refractivity contribution in [3.63, 3.8) is 0 Å². The Morgan fingerprint density at radius 1 is 1.38 bits per heavy atom. The monoisotopic (exact) mass is 289 g/mol. The van der Waals surface area contributed by atoms with Crippen molar-refractivity contribution in [3.05, 3.63) is 47.7 Å². The van der Waals surface area contributed by atoms with Crippen molar-refractivity contribution in [2.45, 2.75) is 12.5 Å². The summed E-state index contributed by atoms with van der Waals surface area (Å²) >= 11 is 0. The molecule has 0 aliphatic carbocycles. The van der Waals surface area contributed by atoms with E-state index in [1.807, 2.05) is 0 Å². The fraction of sp³-hybridized carbons (Fsp3) is 0.214. The Morgan fingerprint density at radius 2 is 2.24 bits per heavy atom. The molecule has 0 saturated carbocycles. The van der Waals surface area contributed by atoms with E-state index in [0.29, 0.717) is 24.6 Å². The van der Waals surface area contributed by atoms with Crippen LogP contribution in [-0.2, 0) is 6.42 Å². The van der Waals surface area contributed by atoms with Gasteiger partial charge >= 0.3 is 5.97 Å². The van der Waals surface area contributed by atoms with Crippen LogP contribution in [0.25, 0.3) is 0 Å². The third kappa shape index (κ3) is 2.91. The van der Waals surface area contributed by atoms with E-state index in [2.05, 4.69) is 15.3 Å². The summed E-state index contributed by atoms with van der Waals surface area (Å²) in [5.41, 5.74) is 0.802. The number of carboxylic acid groups (broad SMARTS) is 1. The fourth-order valence-electron chi connectivity index (χ4n) is 2.16. The molecule has 1 aliphatic heterocycles. The van der Waals surface area contributed by atoms with Gasteiger partial charge in [0, 0.05) is 6.07 Å². The average molecular weight is 289 g/mol. The van der Waals surface area contributed by atoms with Crippen LogP contribution in [0, 0.1) is 5.82 Å². The van der Waals surface area contributed by atoms with Gasteiger partial charge in [-0.25, -0.2) is 19.2 Å². The second-order valence-corrected chi connectivity index (χ2v) is 4.70. The molecule has 2 aromatic rings. The third-order valence-electron chi connectivity index (χ3n) is 3.16. The molecule has 1 aromatic heterocycles. The molecular formula is C14H12FN3O3. The Balaban J connectivity index is 1.69. The number of benzene rings is 1. The molecule has 0 bridgehead atoms. The first-order chi connectivity index (χ1) is 10.1. The largest absolute Gasteiger partial charge is 0.491 e. The van der Waals surface area contributed by atoms with Gasteiger partial charge in [0.05, 0.1) is 18.4 Å². The van der Waals surface area contributed by atoms with E-state index < -0.39 is 5.97 Å². The first kappa shape index (κ1) is 13.3. The zero-order valence-electron chi connectivity index (χ0n) is 10.9. The van der Waals surface area contributed by atoms with Crippen LogP contribution in [0.3, 0.4) is 0 Å². The molecule has 0 amide bonds. The maximum Gasteiger partial charge on any atom is 0.356 e. The number of hydrogen-bond donors (Lipinski definition) is 2. The number of nitrogens with zero attached hydrogens (tertiary/aromatic N) is 2. The Morgan fingerprint density at radius 3 is 2.95 bits per heavy atom. The number of aromatic nitrogens is 2. The number of halogens is 1. The van der Waals surface area contributed by atoms with Gasteiger partial charge in [-0.05, 0) is 18.1 Å². The molecular weight excluding hydrogens is 277 g/mol. The molecule has 0 radical (unpaired) electrons. The Labute approximate surface area is 119 Å². The van der Waals surface area contributed by atoms with Crippen LogP contribution >= 0.6 is 0 Å². The topological polar surface area (TPSA) is 84.3 Å². The van der Waals surface area contributed by atoms with Gasteiger partial charge in [-0.3, -0.25) is 0 Å². The number of hydrogen-bond acceptors (Lipinski definition) is 5. The molecule has 1 aromatic carbocycles. The standard InChI is InChI=1S/C14H12FN3O3/c15-9-2-1-8-3-10(7-21-12(8)4-9)18-13-6-16-11(5-17-13)14(19)20/h1-2,4-6,10H,3,7H2,(H,17,18)(H,19,20). The summed E-state index contributed by atoms with van der Waals surface area (Å²) in [5.74, 6) is -0.416. The van der Waals surface area contributed by atoms with Gasteiger partial charge < -0.3 is 15.2 Å². The molecule has 6 nitrogen and oxygen atoms in total. The van der Waals surface area contributed by atoms with E-state index >= 15 is 0 Å². The lowest BCUT2D eigenvalue weighted by Gasteiger charge is -2.26. The van der Waals surface area contributed by atoms with Gasteiger partial charge in [0.15, 0.2) is 5.69 Å². The van der Waals surface area contributed by atoms with E-state index in [1.165, 1.54) is 24.5 Å². The Hall–Kier alpha value is -2.70. The molecule has 108 valence electrons. The molecule has 0 saturated heterocycles. The van der Waals surface area contributed by atoms with Crippen molar-refractivity contribution < 1.29 is 19.0 Å². The van der Waals surface area contributed by atoms with Gasteiger partial charge in [-0.2, -0.15) is 0 Å². The molecule has 21 heavy (non-hydrogen) atoms. The minimum atomic E-state index is -1.12. The summed E-state index contributed by atoms with van der Waals surface area (Å²) in [6.07, 6.45) is 3.22. The Kier molecular flexibility index (Phi) is 3.39. The predicted molar refractivity (Wildman–Crippen MR) is 72.0 cm³/mol. The van der Waals surface area contributed by atoms with Crippen molar-refractivity contribution in [3.8, 4) is 5.75 Å². The SMILES string of the molecule is O=C(O)c1cnc(NC2COc3cc(F)ccc3C2)cn1. The molecule has 2 heterocycles. The normalized spacial score (nSPS) is 16.7. The van der Waals surface area contributed by atoms with Gasteiger partial charge in [0.1, 0.15) is 24.0 Å². The van der Waals surface area contributed by atoms with Crippen LogP contribution in [-0.4, -0.2) is 33.7 Å². The number of carbonyl (C=O) groups is 1. The first-order valence-corrected chi connectivity index (χ1v) is 6.35. The summed E-state index contributed by atoms with van der Waals surface area (Å²) in [4.78, 5) is 18.5. The molecule has 1 unspecified atom stereocenters. The van der Waals surface area contributed by atoms with E-state index in [-0.39, 0.29) is 17.6 Å². The number of fused-ring (bicyclic) bond motifs is 1. The number of carboxylic acids is 1. The smallest absolute Gasteiger partial charge is 0.356 e. The van der Waals surface area contributed by atoms with Crippen LogP contribution < -0.4 is 10.1 Å². The number of aromatic carboxylic acids is 1. The highest BCUT2D eigenvalue weighted by Crippen LogP contribution is 2.26. The molecule has 0 fully saturated rings. The lowest BCUT2D eigenvalue weighted by Crippen LogP contribution is -2.33. The van der Waals surface area contributed by atoms with E-state index in [1.54, 1.807) is 6.07 Å². The van der Waals surface area contributed by atoms with Crippen LogP contribution in [0.5, 0.6) is 5.75 Å². The summed E-state index contributed by atoms with van der Waals surface area (Å²) in [5, 5.41) is 11.9. The highest BCUT2D eigenvalue weighted by Gasteiger charge is 2.20. The van der Waals surface area contributed by atoms with Crippen molar-refractivity contribution in [1.82, 2.24) is 9.97 Å². The lowest BCUT2D eigenvalue weighted by molar-refractivity contribution is 0.0690. The number of rotatable bonds is 3. The van der Waals surface area contributed by atoms with Crippen LogP contribution in [0.15, 0.2) is 30.6 Å². The average Bonchev–Trinajstić information content (AvgIpc) is 2.48. The zero-order chi connectivity index (χ0) is 14.8. The number of ether oxygens (including phenoxy) is 1. The minimum absolute atomic E-state index is 0.0343. The molecule has 3 rings (SSSR count). The highest BCUT2D eigenvalue weighted by molar-refractivity contribution is 5.84. The minimum Gasteiger partial charge on any atom is -0.491 e. The van der Waals surface area contributed by atoms with Gasteiger partial charge in [0.25, 0.3) is 0 Å². The van der Waals surface area contributed by atoms with Gasteiger partial charge in [0.2, 0.25) is 0 Å². The molecule has 2 N–H and O–H groups in total.